The van der Waals surface area contributed by atoms with Crippen LogP contribution >= 0.6 is 34.4 Å². The van der Waals surface area contributed by atoms with Crippen LogP contribution in [-0.4, -0.2) is 98.6 Å². The topological polar surface area (TPSA) is 280 Å². The van der Waals surface area contributed by atoms with Gasteiger partial charge in [-0.2, -0.15) is 31.8 Å². The van der Waals surface area contributed by atoms with Crippen LogP contribution in [0, 0.1) is 10.8 Å². The fourth-order valence-corrected chi connectivity index (χ4v) is 14.5. The summed E-state index contributed by atoms with van der Waals surface area (Å²) in [6.07, 6.45) is 2.61. The van der Waals surface area contributed by atoms with E-state index in [9.17, 15) is 35.5 Å². The molecule has 0 atom stereocenters. The highest BCUT2D eigenvalue weighted by Crippen LogP contribution is 2.50. The first-order valence-electron chi connectivity index (χ1n) is 24.4. The number of ether oxygens (including phenoxy) is 2. The van der Waals surface area contributed by atoms with Crippen LogP contribution in [0.25, 0.3) is 0 Å². The van der Waals surface area contributed by atoms with Gasteiger partial charge in [0, 0.05) is 56.9 Å². The number of nitrogens with zero attached hydrogens (tertiary/aromatic N) is 9. The number of nitrogens with one attached hydrogen (secondary N) is 2. The average Bonchev–Trinajstić information content (AvgIpc) is 3.90. The minimum absolute atomic E-state index is 0.0619. The Morgan fingerprint density at radius 1 is 0.640 bits per heavy atom. The van der Waals surface area contributed by atoms with Gasteiger partial charge in [-0.05, 0) is 81.0 Å². The molecule has 0 bridgehead atoms. The maximum atomic E-state index is 13.3. The molecule has 0 spiro atoms. The molecule has 7 rings (SSSR count). The molecule has 21 nitrogen and oxygen atoms in total. The smallest absolute Gasteiger partial charge is 0.297 e. The number of thiophene rings is 2. The zero-order valence-electron chi connectivity index (χ0n) is 43.8. The predicted octanol–water partition coefficient (Wildman–Crippen LogP) is 12.7. The SMILES string of the molecule is CCCCSc1nc(Nc2cc(N(CC)CC)c(OC)cc2N=Nc2sc3c(c2S(=O)(=O)O)CC(C)(C)CC3=O)nc(Nc2cc(N(CC)CC)c(OC)cc2N=Nc2sc3c(c2S(=O)(=O)O)CC(C)(C)CC3=O)n1. The molecule has 0 radical (unpaired) electrons. The molecule has 0 amide bonds. The average molecular weight is 1130 g/mol. The van der Waals surface area contributed by atoms with Crippen LogP contribution in [0.2, 0.25) is 0 Å². The molecule has 2 aromatic carbocycles. The molecule has 75 heavy (non-hydrogen) atoms. The molecular weight excluding hydrogens is 1060 g/mol. The first kappa shape index (κ1) is 57.1. The van der Waals surface area contributed by atoms with Gasteiger partial charge in [-0.3, -0.25) is 18.7 Å². The third-order valence-electron chi connectivity index (χ3n) is 12.6. The summed E-state index contributed by atoms with van der Waals surface area (Å²) in [5.74, 6) is 1.15. The van der Waals surface area contributed by atoms with Crippen LogP contribution in [-0.2, 0) is 33.1 Å². The molecule has 0 saturated carbocycles. The Balaban J connectivity index is 1.37. The lowest BCUT2D eigenvalue weighted by atomic mass is 9.76. The fourth-order valence-electron chi connectivity index (χ4n) is 9.13. The van der Waals surface area contributed by atoms with Crippen LogP contribution in [0.4, 0.5) is 56.0 Å². The van der Waals surface area contributed by atoms with E-state index in [1.165, 1.54) is 26.0 Å². The number of hydrogen-bond donors (Lipinski definition) is 4. The number of anilines is 6. The van der Waals surface area contributed by atoms with E-state index in [1.54, 1.807) is 24.3 Å². The Bertz CT molecular complexity index is 3080. The Labute approximate surface area is 450 Å². The first-order valence-corrected chi connectivity index (χ1v) is 29.9. The number of carbonyl (C=O) groups excluding carboxylic acids is 2. The molecule has 0 fully saturated rings. The second-order valence-corrected chi connectivity index (χ2v) is 25.2. The van der Waals surface area contributed by atoms with Gasteiger partial charge in [0.05, 0.1) is 46.7 Å². The lowest BCUT2D eigenvalue weighted by molar-refractivity contribution is 0.0907. The zero-order valence-corrected chi connectivity index (χ0v) is 47.9. The van der Waals surface area contributed by atoms with Gasteiger partial charge in [0.15, 0.2) is 26.7 Å². The van der Waals surface area contributed by atoms with Gasteiger partial charge < -0.3 is 29.9 Å². The van der Waals surface area contributed by atoms with Crippen molar-refractivity contribution in [3.63, 3.8) is 0 Å². The summed E-state index contributed by atoms with van der Waals surface area (Å²) in [6.45, 7) is 19.9. The summed E-state index contributed by atoms with van der Waals surface area (Å²) in [6, 6.07) is 6.82. The number of benzene rings is 2. The Morgan fingerprint density at radius 2 is 1.04 bits per heavy atom. The monoisotopic (exact) mass is 1130 g/mol. The molecule has 4 N–H and O–H groups in total. The van der Waals surface area contributed by atoms with Gasteiger partial charge in [0.2, 0.25) is 11.9 Å². The van der Waals surface area contributed by atoms with E-state index in [-0.39, 0.29) is 91.4 Å². The number of aromatic nitrogens is 3. The molecule has 3 aromatic heterocycles. The summed E-state index contributed by atoms with van der Waals surface area (Å²) < 4.78 is 84.6. The van der Waals surface area contributed by atoms with Gasteiger partial charge >= 0.3 is 0 Å². The molecule has 3 heterocycles. The number of unbranched alkanes of at least 4 members (excludes halogenated alkanes) is 1. The number of thioether (sulfide) groups is 1. The third-order valence-corrected chi connectivity index (χ3v) is 18.0. The highest BCUT2D eigenvalue weighted by Gasteiger charge is 2.40. The second kappa shape index (κ2) is 22.9. The summed E-state index contributed by atoms with van der Waals surface area (Å²) in [4.78, 5) is 44.6. The van der Waals surface area contributed by atoms with Crippen LogP contribution in [0.1, 0.15) is 118 Å². The third kappa shape index (κ3) is 12.8. The van der Waals surface area contributed by atoms with Crippen molar-refractivity contribution in [2.75, 3.05) is 66.6 Å². The predicted molar refractivity (Wildman–Crippen MR) is 295 cm³/mol. The number of carbonyl (C=O) groups is 2. The minimum Gasteiger partial charge on any atom is -0.494 e. The Kier molecular flexibility index (Phi) is 17.4. The summed E-state index contributed by atoms with van der Waals surface area (Å²) in [7, 11) is -6.67. The number of azo groups is 2. The van der Waals surface area contributed by atoms with E-state index in [0.29, 0.717) is 71.3 Å². The van der Waals surface area contributed by atoms with Crippen molar-refractivity contribution in [3.8, 4) is 11.5 Å². The summed E-state index contributed by atoms with van der Waals surface area (Å²) >= 11 is 3.11. The second-order valence-electron chi connectivity index (χ2n) is 19.5. The molecule has 5 aromatic rings. The summed E-state index contributed by atoms with van der Waals surface area (Å²) in [5, 5.41) is 24.5. The molecular formula is C49H63N11O10S5. The molecule has 0 aliphatic heterocycles. The van der Waals surface area contributed by atoms with Crippen molar-refractivity contribution < 1.29 is 45.0 Å². The molecule has 0 saturated heterocycles. The number of Topliss-reactive ketones (excluding diaryl/α,β-unsaturated/α-hetero) is 2. The van der Waals surface area contributed by atoms with Crippen molar-refractivity contribution in [1.29, 1.82) is 0 Å². The highest BCUT2D eigenvalue weighted by atomic mass is 32.2. The maximum absolute atomic E-state index is 13.3. The Hall–Kier alpha value is -5.64. The van der Waals surface area contributed by atoms with E-state index in [1.807, 2.05) is 55.4 Å². The molecule has 0 unspecified atom stereocenters. The quantitative estimate of drug-likeness (QED) is 0.0217. The van der Waals surface area contributed by atoms with Gasteiger partial charge in [-0.25, -0.2) is 0 Å². The van der Waals surface area contributed by atoms with Gasteiger partial charge in [-0.1, -0.05) is 52.8 Å². The molecule has 2 aliphatic rings. The van der Waals surface area contributed by atoms with Gasteiger partial charge in [0.25, 0.3) is 20.2 Å². The first-order chi connectivity index (χ1) is 35.4. The highest BCUT2D eigenvalue weighted by molar-refractivity contribution is 7.99. The number of methoxy groups -OCH3 is 2. The van der Waals surface area contributed by atoms with Crippen molar-refractivity contribution in [2.45, 2.75) is 116 Å². The van der Waals surface area contributed by atoms with Crippen molar-refractivity contribution >= 4 is 122 Å². The van der Waals surface area contributed by atoms with E-state index in [4.69, 9.17) is 24.4 Å². The normalized spacial score (nSPS) is 15.3. The molecule has 404 valence electrons. The lowest BCUT2D eigenvalue weighted by Gasteiger charge is -2.28. The fraction of sp³-hybridized carbons (Fsp3) is 0.490. The summed E-state index contributed by atoms with van der Waals surface area (Å²) in [5.41, 5.74) is 1.67. The van der Waals surface area contributed by atoms with E-state index in [2.05, 4.69) is 47.8 Å². The van der Waals surface area contributed by atoms with Crippen molar-refractivity contribution in [3.05, 3.63) is 45.1 Å². The largest absolute Gasteiger partial charge is 0.494 e. The van der Waals surface area contributed by atoms with Crippen LogP contribution in [0.3, 0.4) is 0 Å². The number of ketones is 2. The molecule has 26 heteroatoms. The van der Waals surface area contributed by atoms with E-state index < -0.39 is 40.9 Å². The van der Waals surface area contributed by atoms with Crippen molar-refractivity contribution in [1.82, 2.24) is 15.0 Å². The van der Waals surface area contributed by atoms with Crippen LogP contribution in [0.5, 0.6) is 11.5 Å². The zero-order chi connectivity index (χ0) is 54.8. The number of rotatable bonds is 22. The maximum Gasteiger partial charge on any atom is 0.297 e. The van der Waals surface area contributed by atoms with Crippen LogP contribution in [0.15, 0.2) is 59.7 Å². The standard InChI is InChI=1S/C49H63N11O10S5/c1-12-17-18-71-47-53-45(50-29-19-33(59(13-2)14-3)37(69-10)21-31(29)55-57-43-41(74(63,64)65)27-23-48(6,7)25-35(61)39(27)72-43)52-46(54-47)51-30-20-34(60(15-4)16-5)38(70-11)22-32(30)56-58-44-42(75(66,67)68)28-24-49(8,9)26-36(62)40(28)73-44/h19-22H,12-18,23-26H2,1-11H3,(H,63,64,65)(H,66,67,68)(H2,50,51,52,53,54). The van der Waals surface area contributed by atoms with E-state index >= 15 is 0 Å². The van der Waals surface area contributed by atoms with Crippen LogP contribution < -0.4 is 29.9 Å². The Morgan fingerprint density at radius 3 is 1.39 bits per heavy atom. The van der Waals surface area contributed by atoms with Crippen molar-refractivity contribution in [2.24, 2.45) is 31.3 Å². The number of hydrogen-bond acceptors (Lipinski definition) is 22. The minimum atomic E-state index is -4.85. The molecule has 2 aliphatic carbocycles. The van der Waals surface area contributed by atoms with E-state index in [0.717, 1.165) is 35.5 Å². The number of fused-ring (bicyclic) bond motifs is 2. The lowest BCUT2D eigenvalue weighted by Crippen LogP contribution is -2.26. The van der Waals surface area contributed by atoms with Gasteiger partial charge in [-0.15, -0.1) is 43.1 Å². The van der Waals surface area contributed by atoms with Gasteiger partial charge in [0.1, 0.15) is 32.7 Å².